The third-order valence-corrected chi connectivity index (χ3v) is 11.9. The summed E-state index contributed by atoms with van der Waals surface area (Å²) in [5.74, 6) is 4.19. The summed E-state index contributed by atoms with van der Waals surface area (Å²) in [6.07, 6.45) is 11.8. The molecule has 0 spiro atoms. The number of ether oxygens (including phenoxy) is 5. The molecule has 6 heteroatoms. The molecule has 0 aromatic rings. The summed E-state index contributed by atoms with van der Waals surface area (Å²) < 4.78 is 28.5. The summed E-state index contributed by atoms with van der Waals surface area (Å²) in [6, 6.07) is 0. The first-order chi connectivity index (χ1) is 17.7. The van der Waals surface area contributed by atoms with Gasteiger partial charge in [-0.3, -0.25) is 4.79 Å². The van der Waals surface area contributed by atoms with E-state index < -0.39 is 0 Å². The summed E-state index contributed by atoms with van der Waals surface area (Å²) in [5.41, 5.74) is 0.646. The largest absolute Gasteiger partial charge is 0.469 e. The Labute approximate surface area is 225 Å². The summed E-state index contributed by atoms with van der Waals surface area (Å²) in [5, 5.41) is 0. The van der Waals surface area contributed by atoms with Crippen LogP contribution in [0.15, 0.2) is 0 Å². The van der Waals surface area contributed by atoms with Crippen LogP contribution in [0.1, 0.15) is 91.9 Å². The molecule has 0 aromatic heterocycles. The van der Waals surface area contributed by atoms with Crippen LogP contribution in [0.5, 0.6) is 0 Å². The summed E-state index contributed by atoms with van der Waals surface area (Å²) in [6.45, 7) is 10.7. The number of fused-ring (bicyclic) bond motifs is 5. The predicted octanol–water partition coefficient (Wildman–Crippen LogP) is 6.46. The maximum Gasteiger partial charge on any atom is 0.305 e. The Bertz CT molecular complexity index is 758. The molecule has 4 rings (SSSR count). The minimum Gasteiger partial charge on any atom is -0.469 e. The van der Waals surface area contributed by atoms with Gasteiger partial charge in [0.2, 0.25) is 0 Å². The zero-order valence-corrected chi connectivity index (χ0v) is 24.6. The molecule has 0 N–H and O–H groups in total. The van der Waals surface area contributed by atoms with Crippen molar-refractivity contribution in [3.63, 3.8) is 0 Å². The lowest BCUT2D eigenvalue weighted by atomic mass is 9.41. The van der Waals surface area contributed by atoms with Crippen LogP contribution in [0, 0.1) is 52.3 Å². The van der Waals surface area contributed by atoms with Crippen molar-refractivity contribution in [1.82, 2.24) is 0 Å². The van der Waals surface area contributed by atoms with Gasteiger partial charge < -0.3 is 23.7 Å². The van der Waals surface area contributed by atoms with Gasteiger partial charge >= 0.3 is 5.97 Å². The van der Waals surface area contributed by atoms with E-state index in [2.05, 4.69) is 27.7 Å². The van der Waals surface area contributed by atoms with E-state index in [0.717, 1.165) is 25.7 Å². The molecule has 11 atom stereocenters. The highest BCUT2D eigenvalue weighted by atomic mass is 16.7. The van der Waals surface area contributed by atoms with Gasteiger partial charge in [-0.2, -0.15) is 0 Å². The monoisotopic (exact) mass is 522 g/mol. The van der Waals surface area contributed by atoms with Crippen LogP contribution in [0.2, 0.25) is 0 Å². The molecule has 0 aliphatic heterocycles. The third-order valence-electron chi connectivity index (χ3n) is 11.9. The van der Waals surface area contributed by atoms with Crippen LogP contribution in [0.25, 0.3) is 0 Å². The lowest BCUT2D eigenvalue weighted by Gasteiger charge is -2.65. The normalized spacial score (nSPS) is 44.0. The Kier molecular flexibility index (Phi) is 9.68. The second kappa shape index (κ2) is 12.2. The van der Waals surface area contributed by atoms with Crippen LogP contribution in [-0.4, -0.2) is 53.1 Å². The topological polar surface area (TPSA) is 63.2 Å². The predicted molar refractivity (Wildman–Crippen MR) is 144 cm³/mol. The highest BCUT2D eigenvalue weighted by molar-refractivity contribution is 5.69. The van der Waals surface area contributed by atoms with Gasteiger partial charge in [-0.25, -0.2) is 0 Å². The highest BCUT2D eigenvalue weighted by Gasteiger charge is 2.65. The van der Waals surface area contributed by atoms with E-state index in [1.165, 1.54) is 39.2 Å². The number of hydrogen-bond donors (Lipinski definition) is 0. The van der Waals surface area contributed by atoms with Crippen molar-refractivity contribution in [1.29, 1.82) is 0 Å². The van der Waals surface area contributed by atoms with Crippen molar-refractivity contribution in [2.75, 3.05) is 34.9 Å². The number of methoxy groups -OCH3 is 3. The van der Waals surface area contributed by atoms with Gasteiger partial charge in [0.05, 0.1) is 19.3 Å². The van der Waals surface area contributed by atoms with Crippen molar-refractivity contribution >= 4 is 5.97 Å². The number of carbonyl (C=O) groups excluding carboxylic acids is 1. The smallest absolute Gasteiger partial charge is 0.305 e. The van der Waals surface area contributed by atoms with Crippen LogP contribution in [-0.2, 0) is 28.5 Å². The molecule has 1 unspecified atom stereocenters. The first-order valence-corrected chi connectivity index (χ1v) is 15.0. The van der Waals surface area contributed by atoms with Gasteiger partial charge in [-0.15, -0.1) is 0 Å². The van der Waals surface area contributed by atoms with Gasteiger partial charge in [-0.1, -0.05) is 34.1 Å². The molecule has 0 amide bonds. The van der Waals surface area contributed by atoms with E-state index in [-0.39, 0.29) is 18.2 Å². The van der Waals surface area contributed by atoms with Crippen molar-refractivity contribution in [3.8, 4) is 0 Å². The van der Waals surface area contributed by atoms with Crippen LogP contribution >= 0.6 is 0 Å². The Morgan fingerprint density at radius 1 is 0.892 bits per heavy atom. The summed E-state index contributed by atoms with van der Waals surface area (Å²) in [7, 11) is 4.96. The van der Waals surface area contributed by atoms with E-state index >= 15 is 0 Å². The molecule has 214 valence electrons. The van der Waals surface area contributed by atoms with Gasteiger partial charge in [0, 0.05) is 20.6 Å². The summed E-state index contributed by atoms with van der Waals surface area (Å²) in [4.78, 5) is 11.9. The van der Waals surface area contributed by atoms with E-state index in [1.54, 1.807) is 14.2 Å². The molecule has 4 fully saturated rings. The van der Waals surface area contributed by atoms with Crippen LogP contribution in [0.3, 0.4) is 0 Å². The fourth-order valence-electron chi connectivity index (χ4n) is 10.2. The number of hydrogen-bond acceptors (Lipinski definition) is 6. The van der Waals surface area contributed by atoms with Crippen LogP contribution in [0.4, 0.5) is 0 Å². The molecule has 0 saturated heterocycles. The molecular weight excluding hydrogens is 468 g/mol. The molecular formula is C31H54O6. The Balaban J connectivity index is 1.61. The average Bonchev–Trinajstić information content (AvgIpc) is 3.26. The van der Waals surface area contributed by atoms with E-state index in [9.17, 15) is 4.79 Å². The average molecular weight is 523 g/mol. The third kappa shape index (κ3) is 5.38. The second-order valence-corrected chi connectivity index (χ2v) is 13.3. The van der Waals surface area contributed by atoms with Crippen molar-refractivity contribution in [2.45, 2.75) is 104 Å². The molecule has 6 nitrogen and oxygen atoms in total. The molecule has 0 heterocycles. The fourth-order valence-corrected chi connectivity index (χ4v) is 10.2. The Morgan fingerprint density at radius 2 is 1.57 bits per heavy atom. The molecule has 37 heavy (non-hydrogen) atoms. The first kappa shape index (κ1) is 29.3. The van der Waals surface area contributed by atoms with Crippen molar-refractivity contribution < 1.29 is 28.5 Å². The van der Waals surface area contributed by atoms with Crippen LogP contribution < -0.4 is 0 Å². The van der Waals surface area contributed by atoms with Crippen molar-refractivity contribution in [2.24, 2.45) is 52.3 Å². The zero-order chi connectivity index (χ0) is 26.8. The molecule has 4 saturated carbocycles. The van der Waals surface area contributed by atoms with Gasteiger partial charge in [0.15, 0.2) is 0 Å². The fraction of sp³-hybridized carbons (Fsp3) is 0.968. The maximum atomic E-state index is 11.9. The summed E-state index contributed by atoms with van der Waals surface area (Å²) >= 11 is 0. The van der Waals surface area contributed by atoms with E-state index in [0.29, 0.717) is 72.3 Å². The highest BCUT2D eigenvalue weighted by Crippen LogP contribution is 2.70. The number of rotatable bonds is 11. The maximum absolute atomic E-state index is 11.9. The van der Waals surface area contributed by atoms with Gasteiger partial charge in [0.1, 0.15) is 13.6 Å². The molecule has 4 aliphatic rings. The number of esters is 1. The molecule has 0 aromatic carbocycles. The van der Waals surface area contributed by atoms with Gasteiger partial charge in [-0.05, 0) is 104 Å². The van der Waals surface area contributed by atoms with E-state index in [1.807, 2.05) is 0 Å². The zero-order valence-electron chi connectivity index (χ0n) is 24.6. The molecule has 0 bridgehead atoms. The lowest BCUT2D eigenvalue weighted by molar-refractivity contribution is -0.239. The number of carbonyl (C=O) groups is 1. The Morgan fingerprint density at radius 3 is 2.24 bits per heavy atom. The lowest BCUT2D eigenvalue weighted by Crippen LogP contribution is -2.63. The standard InChI is InChI=1S/C31H54O6/c1-8-22-26-17-21(36-18-33-5)13-15-31(26,4)25-14-16-30(3)23(20(2)9-12-27(32)35-7)10-11-24(30)28(25)29(22)37-19-34-6/h20-26,28-29H,8-19H2,1-7H3/t20?,21-,22-,23-,24+,25+,26+,28+,29-,30-,31-/m1/s1. The molecule has 4 aliphatic carbocycles. The molecule has 0 radical (unpaired) electrons. The second-order valence-electron chi connectivity index (χ2n) is 13.3. The minimum atomic E-state index is -0.0783. The minimum absolute atomic E-state index is 0.0783. The first-order valence-electron chi connectivity index (χ1n) is 15.0. The van der Waals surface area contributed by atoms with Gasteiger partial charge in [0.25, 0.3) is 0 Å². The van der Waals surface area contributed by atoms with E-state index in [4.69, 9.17) is 23.7 Å². The quantitative estimate of drug-likeness (QED) is 0.229. The SMILES string of the molecule is CC[C@H]1[C@@H](OCOC)[C@@H]2[C@H](CC[C@]3(C)[C@@H](C(C)CCC(=O)OC)CC[C@@H]23)[C@@]2(C)CC[C@@H](OCOC)C[C@@H]12. The Hall–Kier alpha value is -0.690. The van der Waals surface area contributed by atoms with Crippen molar-refractivity contribution in [3.05, 3.63) is 0 Å².